The molecule has 0 aromatic carbocycles. The molecule has 0 aliphatic rings. The highest BCUT2D eigenvalue weighted by atomic mass is 16.5. The van der Waals surface area contributed by atoms with Crippen molar-refractivity contribution in [1.82, 2.24) is 5.32 Å². The van der Waals surface area contributed by atoms with Crippen LogP contribution in [0.3, 0.4) is 0 Å². The molecule has 0 aromatic heterocycles. The quantitative estimate of drug-likeness (QED) is 0.0323. The molecule has 0 aliphatic carbocycles. The molecule has 3 atom stereocenters. The van der Waals surface area contributed by atoms with E-state index in [9.17, 15) is 19.8 Å². The molecule has 1 amide bonds. The van der Waals surface area contributed by atoms with Crippen LogP contribution >= 0.6 is 0 Å². The van der Waals surface area contributed by atoms with Crippen LogP contribution in [0.5, 0.6) is 0 Å². The van der Waals surface area contributed by atoms with Gasteiger partial charge in [-0.25, -0.2) is 0 Å². The zero-order chi connectivity index (χ0) is 43.8. The van der Waals surface area contributed by atoms with E-state index in [2.05, 4.69) is 111 Å². The molecular formula is C54H91NO5. The largest absolute Gasteiger partial charge is 0.461 e. The van der Waals surface area contributed by atoms with Crippen molar-refractivity contribution < 1.29 is 24.5 Å². The Labute approximate surface area is 369 Å². The van der Waals surface area contributed by atoms with E-state index in [0.717, 1.165) is 96.3 Å². The topological polar surface area (TPSA) is 95.9 Å². The van der Waals surface area contributed by atoms with Crippen LogP contribution in [0.25, 0.3) is 0 Å². The number of aliphatic hydroxyl groups is 2. The highest BCUT2D eigenvalue weighted by molar-refractivity contribution is 5.77. The summed E-state index contributed by atoms with van der Waals surface area (Å²) in [4.78, 5) is 26.0. The van der Waals surface area contributed by atoms with Gasteiger partial charge in [0.25, 0.3) is 0 Å². The minimum atomic E-state index is -0.819. The maximum absolute atomic E-state index is 13.1. The molecule has 0 aliphatic heterocycles. The van der Waals surface area contributed by atoms with Gasteiger partial charge in [0.2, 0.25) is 5.91 Å². The maximum Gasteiger partial charge on any atom is 0.306 e. The molecule has 6 heteroatoms. The monoisotopic (exact) mass is 834 g/mol. The molecular weight excluding hydrogens is 743 g/mol. The van der Waals surface area contributed by atoms with E-state index in [1.54, 1.807) is 0 Å². The average Bonchev–Trinajstić information content (AvgIpc) is 3.24. The molecule has 0 fully saturated rings. The van der Waals surface area contributed by atoms with Gasteiger partial charge in [-0.15, -0.1) is 0 Å². The van der Waals surface area contributed by atoms with Gasteiger partial charge in [0, 0.05) is 12.8 Å². The number of unbranched alkanes of at least 4 members (excludes halogenated alkanes) is 15. The number of rotatable bonds is 42. The summed E-state index contributed by atoms with van der Waals surface area (Å²) in [7, 11) is 0. The Bertz CT molecular complexity index is 1210. The summed E-state index contributed by atoms with van der Waals surface area (Å²) in [6.45, 7) is 6.27. The van der Waals surface area contributed by atoms with Crippen LogP contribution in [-0.2, 0) is 14.3 Å². The second-order valence-corrected chi connectivity index (χ2v) is 16.1. The van der Waals surface area contributed by atoms with E-state index in [-0.39, 0.29) is 24.9 Å². The Morgan fingerprint density at radius 3 is 1.45 bits per heavy atom. The molecule has 60 heavy (non-hydrogen) atoms. The lowest BCUT2D eigenvalue weighted by atomic mass is 10.0. The molecule has 342 valence electrons. The van der Waals surface area contributed by atoms with E-state index in [1.807, 2.05) is 12.2 Å². The first-order valence-corrected chi connectivity index (χ1v) is 24.5. The van der Waals surface area contributed by atoms with Gasteiger partial charge in [0.15, 0.2) is 0 Å². The second kappa shape index (κ2) is 46.8. The van der Waals surface area contributed by atoms with Gasteiger partial charge in [-0.1, -0.05) is 201 Å². The number of carbonyl (C=O) groups excluding carboxylic acids is 2. The molecule has 0 radical (unpaired) electrons. The van der Waals surface area contributed by atoms with Gasteiger partial charge < -0.3 is 20.3 Å². The average molecular weight is 834 g/mol. The van der Waals surface area contributed by atoms with Crippen LogP contribution in [-0.4, -0.2) is 46.9 Å². The molecule has 3 N–H and O–H groups in total. The number of carbonyl (C=O) groups is 2. The van der Waals surface area contributed by atoms with Crippen molar-refractivity contribution in [1.29, 1.82) is 0 Å². The number of hydrogen-bond donors (Lipinski definition) is 3. The third-order valence-electron chi connectivity index (χ3n) is 10.4. The minimum absolute atomic E-state index is 0.0153. The highest BCUT2D eigenvalue weighted by Gasteiger charge is 2.23. The summed E-state index contributed by atoms with van der Waals surface area (Å²) in [6, 6.07) is -0.741. The lowest BCUT2D eigenvalue weighted by Gasteiger charge is -2.24. The molecule has 0 rings (SSSR count). The molecule has 3 unspecified atom stereocenters. The molecule has 0 saturated heterocycles. The standard InChI is InChI=1S/C54H91NO5/c1-4-7-10-13-16-19-21-23-25-26-28-30-32-35-38-41-44-47-54(59)60-50(45-42-39-36-34-31-29-27-24-22-20-17-14-11-8-5-2)48-53(58)55-51(49-56)52(57)46-43-40-37-33-18-15-12-9-6-3/h8,11,16-17,19-20,23-25,27-28,30-31,34,39,42,50-52,56-57H,4-7,9-10,12-15,18,21-22,26,29,32-33,35-38,40-41,43-49H2,1-3H3,(H,55,58)/b11-8-,19-16-,20-17-,25-23-,27-24-,30-28-,34-31-,42-39-. The smallest absolute Gasteiger partial charge is 0.306 e. The Morgan fingerprint density at radius 1 is 0.517 bits per heavy atom. The summed E-state index contributed by atoms with van der Waals surface area (Å²) < 4.78 is 5.84. The van der Waals surface area contributed by atoms with Crippen molar-refractivity contribution in [3.05, 3.63) is 97.2 Å². The third-order valence-corrected chi connectivity index (χ3v) is 10.4. The first kappa shape index (κ1) is 56.8. The molecule has 0 spiro atoms. The fraction of sp³-hybridized carbons (Fsp3) is 0.667. The van der Waals surface area contributed by atoms with Gasteiger partial charge in [-0.3, -0.25) is 9.59 Å². The van der Waals surface area contributed by atoms with Crippen molar-refractivity contribution >= 4 is 11.9 Å². The molecule has 0 bridgehead atoms. The second-order valence-electron chi connectivity index (χ2n) is 16.1. The number of ether oxygens (including phenoxy) is 1. The SMILES string of the molecule is CC/C=C\C/C=C\C/C=C\C/C=C\C/C=C\CC(CC(=O)NC(CO)C(O)CCCCCCCCCCC)OC(=O)CCCCCC/C=C\C/C=C\C/C=C\CCCCC. The van der Waals surface area contributed by atoms with Gasteiger partial charge >= 0.3 is 5.97 Å². The summed E-state index contributed by atoms with van der Waals surface area (Å²) in [5.74, 6) is -0.615. The normalized spacial score (nSPS) is 14.2. The lowest BCUT2D eigenvalue weighted by molar-refractivity contribution is -0.150. The number of esters is 1. The van der Waals surface area contributed by atoms with Crippen molar-refractivity contribution in [2.75, 3.05) is 6.61 Å². The Kier molecular flexibility index (Phi) is 44.3. The van der Waals surface area contributed by atoms with E-state index in [4.69, 9.17) is 4.74 Å². The molecule has 0 heterocycles. The minimum Gasteiger partial charge on any atom is -0.461 e. The predicted octanol–water partition coefficient (Wildman–Crippen LogP) is 14.6. The van der Waals surface area contributed by atoms with E-state index >= 15 is 0 Å². The zero-order valence-electron chi connectivity index (χ0n) is 38.8. The zero-order valence-corrected chi connectivity index (χ0v) is 38.8. The predicted molar refractivity (Wildman–Crippen MR) is 259 cm³/mol. The third kappa shape index (κ3) is 41.5. The number of aliphatic hydroxyl groups excluding tert-OH is 2. The van der Waals surface area contributed by atoms with Crippen LogP contribution in [0.15, 0.2) is 97.2 Å². The summed E-state index contributed by atoms with van der Waals surface area (Å²) in [6.07, 6.45) is 62.0. The summed E-state index contributed by atoms with van der Waals surface area (Å²) in [5.41, 5.74) is 0. The Morgan fingerprint density at radius 2 is 0.933 bits per heavy atom. The number of amides is 1. The first-order valence-electron chi connectivity index (χ1n) is 24.5. The van der Waals surface area contributed by atoms with Gasteiger partial charge in [0.1, 0.15) is 6.10 Å². The van der Waals surface area contributed by atoms with Gasteiger partial charge in [-0.2, -0.15) is 0 Å². The highest BCUT2D eigenvalue weighted by Crippen LogP contribution is 2.15. The molecule has 0 aromatic rings. The van der Waals surface area contributed by atoms with Gasteiger partial charge in [0.05, 0.1) is 25.2 Å². The van der Waals surface area contributed by atoms with E-state index < -0.39 is 18.2 Å². The fourth-order valence-electron chi connectivity index (χ4n) is 6.69. The van der Waals surface area contributed by atoms with Crippen LogP contribution in [0.1, 0.15) is 207 Å². The van der Waals surface area contributed by atoms with Crippen LogP contribution in [0, 0.1) is 0 Å². The molecule has 0 saturated carbocycles. The lowest BCUT2D eigenvalue weighted by Crippen LogP contribution is -2.46. The number of hydrogen-bond acceptors (Lipinski definition) is 5. The van der Waals surface area contributed by atoms with Crippen molar-refractivity contribution in [3.8, 4) is 0 Å². The molecule has 6 nitrogen and oxygen atoms in total. The van der Waals surface area contributed by atoms with Crippen LogP contribution in [0.2, 0.25) is 0 Å². The van der Waals surface area contributed by atoms with Gasteiger partial charge in [-0.05, 0) is 83.5 Å². The van der Waals surface area contributed by atoms with E-state index in [0.29, 0.717) is 19.3 Å². The summed E-state index contributed by atoms with van der Waals surface area (Å²) in [5, 5.41) is 23.6. The van der Waals surface area contributed by atoms with Crippen molar-refractivity contribution in [3.63, 3.8) is 0 Å². The Balaban J connectivity index is 4.79. The van der Waals surface area contributed by atoms with Crippen molar-refractivity contribution in [2.24, 2.45) is 0 Å². The number of allylic oxidation sites excluding steroid dienone is 15. The maximum atomic E-state index is 13.1. The van der Waals surface area contributed by atoms with Crippen LogP contribution < -0.4 is 5.32 Å². The Hall–Kier alpha value is -3.22. The van der Waals surface area contributed by atoms with E-state index in [1.165, 1.54) is 64.2 Å². The fourth-order valence-corrected chi connectivity index (χ4v) is 6.69. The number of nitrogens with one attached hydrogen (secondary N) is 1. The van der Waals surface area contributed by atoms with Crippen LogP contribution in [0.4, 0.5) is 0 Å². The van der Waals surface area contributed by atoms with Crippen molar-refractivity contribution in [2.45, 2.75) is 225 Å². The summed E-state index contributed by atoms with van der Waals surface area (Å²) >= 11 is 0. The first-order chi connectivity index (χ1) is 29.5.